The highest BCUT2D eigenvalue weighted by atomic mass is 32.1. The standard InChI is InChI=1S/C10H11N5O2S/c1-6(7-3-2-4-18-7)14-10-8(15(16)17)9(11)12-5-13-10/h2-6H,1H3,(H3,11,12,13,14). The zero-order chi connectivity index (χ0) is 13.1. The van der Waals surface area contributed by atoms with Crippen LogP contribution in [0.4, 0.5) is 17.3 Å². The second-order valence-corrected chi connectivity index (χ2v) is 4.57. The molecule has 94 valence electrons. The number of nitro groups is 1. The summed E-state index contributed by atoms with van der Waals surface area (Å²) >= 11 is 1.56. The maximum atomic E-state index is 10.9. The normalized spacial score (nSPS) is 12.1. The Bertz CT molecular complexity index is 557. The van der Waals surface area contributed by atoms with Crippen LogP contribution >= 0.6 is 11.3 Å². The second-order valence-electron chi connectivity index (χ2n) is 3.59. The zero-order valence-electron chi connectivity index (χ0n) is 9.53. The third-order valence-electron chi connectivity index (χ3n) is 2.36. The minimum Gasteiger partial charge on any atom is -0.378 e. The summed E-state index contributed by atoms with van der Waals surface area (Å²) in [6.07, 6.45) is 1.20. The monoisotopic (exact) mass is 265 g/mol. The SMILES string of the molecule is CC(Nc1ncnc(N)c1[N+](=O)[O-])c1cccs1. The van der Waals surface area contributed by atoms with E-state index in [9.17, 15) is 10.1 Å². The van der Waals surface area contributed by atoms with Gasteiger partial charge in [0.2, 0.25) is 11.6 Å². The van der Waals surface area contributed by atoms with Crippen LogP contribution in [0.25, 0.3) is 0 Å². The third kappa shape index (κ3) is 2.38. The lowest BCUT2D eigenvalue weighted by molar-refractivity contribution is -0.383. The molecule has 0 radical (unpaired) electrons. The van der Waals surface area contributed by atoms with Gasteiger partial charge in [-0.05, 0) is 18.4 Å². The van der Waals surface area contributed by atoms with E-state index in [1.54, 1.807) is 11.3 Å². The van der Waals surface area contributed by atoms with Gasteiger partial charge in [-0.25, -0.2) is 9.97 Å². The maximum absolute atomic E-state index is 10.9. The lowest BCUT2D eigenvalue weighted by atomic mass is 10.2. The van der Waals surface area contributed by atoms with Gasteiger partial charge in [0, 0.05) is 4.88 Å². The molecule has 8 heteroatoms. The summed E-state index contributed by atoms with van der Waals surface area (Å²) in [5, 5.41) is 15.8. The molecule has 1 unspecified atom stereocenters. The Morgan fingerprint density at radius 1 is 1.56 bits per heavy atom. The number of hydrogen-bond donors (Lipinski definition) is 2. The van der Waals surface area contributed by atoms with E-state index in [2.05, 4.69) is 15.3 Å². The van der Waals surface area contributed by atoms with E-state index in [0.29, 0.717) is 0 Å². The molecule has 0 fully saturated rings. The van der Waals surface area contributed by atoms with Gasteiger partial charge in [-0.3, -0.25) is 10.1 Å². The van der Waals surface area contributed by atoms with Gasteiger partial charge < -0.3 is 11.1 Å². The molecule has 0 aromatic carbocycles. The first kappa shape index (κ1) is 12.2. The third-order valence-corrected chi connectivity index (χ3v) is 3.41. The summed E-state index contributed by atoms with van der Waals surface area (Å²) in [7, 11) is 0. The van der Waals surface area contributed by atoms with Crippen molar-refractivity contribution in [2.75, 3.05) is 11.1 Å². The van der Waals surface area contributed by atoms with E-state index in [0.717, 1.165) is 4.88 Å². The van der Waals surface area contributed by atoms with Gasteiger partial charge in [-0.15, -0.1) is 11.3 Å². The van der Waals surface area contributed by atoms with Crippen LogP contribution in [-0.4, -0.2) is 14.9 Å². The van der Waals surface area contributed by atoms with Crippen molar-refractivity contribution in [2.45, 2.75) is 13.0 Å². The number of hydrogen-bond acceptors (Lipinski definition) is 7. The van der Waals surface area contributed by atoms with Crippen molar-refractivity contribution in [3.8, 4) is 0 Å². The number of anilines is 2. The molecule has 18 heavy (non-hydrogen) atoms. The van der Waals surface area contributed by atoms with Crippen LogP contribution in [-0.2, 0) is 0 Å². The summed E-state index contributed by atoms with van der Waals surface area (Å²) in [6.45, 7) is 1.90. The van der Waals surface area contributed by atoms with Gasteiger partial charge >= 0.3 is 5.69 Å². The van der Waals surface area contributed by atoms with Gasteiger partial charge in [0.25, 0.3) is 0 Å². The highest BCUT2D eigenvalue weighted by Crippen LogP contribution is 2.30. The Morgan fingerprint density at radius 3 is 2.94 bits per heavy atom. The Hall–Kier alpha value is -2.22. The van der Waals surface area contributed by atoms with E-state index >= 15 is 0 Å². The average molecular weight is 265 g/mol. The molecule has 2 rings (SSSR count). The Kier molecular flexibility index (Phi) is 3.38. The number of rotatable bonds is 4. The molecule has 0 aliphatic heterocycles. The summed E-state index contributed by atoms with van der Waals surface area (Å²) in [5.41, 5.74) is 5.20. The molecule has 7 nitrogen and oxygen atoms in total. The molecule has 0 aliphatic carbocycles. The molecule has 2 aromatic rings. The van der Waals surface area contributed by atoms with Gasteiger partial charge in [0.05, 0.1) is 11.0 Å². The average Bonchev–Trinajstić information content (AvgIpc) is 2.81. The van der Waals surface area contributed by atoms with Gasteiger partial charge in [0.1, 0.15) is 6.33 Å². The predicted octanol–water partition coefficient (Wildman–Crippen LogP) is 2.20. The van der Waals surface area contributed by atoms with Crippen LogP contribution in [0.1, 0.15) is 17.8 Å². The van der Waals surface area contributed by atoms with Gasteiger partial charge in [-0.2, -0.15) is 0 Å². The Labute approximate surface area is 107 Å². The molecule has 2 aromatic heterocycles. The fourth-order valence-corrected chi connectivity index (χ4v) is 2.23. The lowest BCUT2D eigenvalue weighted by Crippen LogP contribution is -2.10. The van der Waals surface area contributed by atoms with Crippen LogP contribution < -0.4 is 11.1 Å². The topological polar surface area (TPSA) is 107 Å². The van der Waals surface area contributed by atoms with Crippen molar-refractivity contribution in [1.82, 2.24) is 9.97 Å². The van der Waals surface area contributed by atoms with E-state index < -0.39 is 4.92 Å². The first-order valence-corrected chi connectivity index (χ1v) is 6.02. The fourth-order valence-electron chi connectivity index (χ4n) is 1.49. The summed E-state index contributed by atoms with van der Waals surface area (Å²) in [6, 6.07) is 3.78. The molecule has 0 saturated carbocycles. The van der Waals surface area contributed by atoms with E-state index in [-0.39, 0.29) is 23.4 Å². The highest BCUT2D eigenvalue weighted by Gasteiger charge is 2.22. The van der Waals surface area contributed by atoms with Crippen molar-refractivity contribution in [1.29, 1.82) is 0 Å². The Balaban J connectivity index is 2.29. The van der Waals surface area contributed by atoms with Crippen molar-refractivity contribution in [3.63, 3.8) is 0 Å². The number of nitrogens with zero attached hydrogens (tertiary/aromatic N) is 3. The van der Waals surface area contributed by atoms with Crippen LogP contribution in [0, 0.1) is 10.1 Å². The maximum Gasteiger partial charge on any atom is 0.353 e. The molecule has 0 bridgehead atoms. The molecule has 0 spiro atoms. The lowest BCUT2D eigenvalue weighted by Gasteiger charge is -2.12. The van der Waals surface area contributed by atoms with E-state index in [1.807, 2.05) is 24.4 Å². The molecule has 1 atom stereocenters. The molecular formula is C10H11N5O2S. The molecule has 2 heterocycles. The minimum atomic E-state index is -0.585. The molecular weight excluding hydrogens is 254 g/mol. The fraction of sp³-hybridized carbons (Fsp3) is 0.200. The number of nitrogens with two attached hydrogens (primary N) is 1. The van der Waals surface area contributed by atoms with Crippen molar-refractivity contribution in [2.24, 2.45) is 0 Å². The summed E-state index contributed by atoms with van der Waals surface area (Å²) in [4.78, 5) is 18.9. The van der Waals surface area contributed by atoms with Gasteiger partial charge in [0.15, 0.2) is 0 Å². The Morgan fingerprint density at radius 2 is 2.33 bits per heavy atom. The first-order chi connectivity index (χ1) is 8.59. The molecule has 0 saturated heterocycles. The summed E-state index contributed by atoms with van der Waals surface area (Å²) < 4.78 is 0. The van der Waals surface area contributed by atoms with E-state index in [1.165, 1.54) is 6.33 Å². The largest absolute Gasteiger partial charge is 0.378 e. The van der Waals surface area contributed by atoms with Crippen LogP contribution in [0.5, 0.6) is 0 Å². The molecule has 0 aliphatic rings. The smallest absolute Gasteiger partial charge is 0.353 e. The summed E-state index contributed by atoms with van der Waals surface area (Å²) in [5.74, 6) is -0.00993. The zero-order valence-corrected chi connectivity index (χ0v) is 10.3. The minimum absolute atomic E-state index is 0.0852. The molecule has 0 amide bonds. The van der Waals surface area contributed by atoms with Crippen molar-refractivity contribution < 1.29 is 4.92 Å². The van der Waals surface area contributed by atoms with Gasteiger partial charge in [-0.1, -0.05) is 6.07 Å². The number of nitrogen functional groups attached to an aromatic ring is 1. The number of aromatic nitrogens is 2. The second kappa shape index (κ2) is 4.96. The van der Waals surface area contributed by atoms with Crippen LogP contribution in [0.15, 0.2) is 23.8 Å². The molecule has 3 N–H and O–H groups in total. The quantitative estimate of drug-likeness (QED) is 0.648. The first-order valence-electron chi connectivity index (χ1n) is 5.14. The van der Waals surface area contributed by atoms with Crippen LogP contribution in [0.2, 0.25) is 0 Å². The number of thiophene rings is 1. The number of nitrogens with one attached hydrogen (secondary N) is 1. The van der Waals surface area contributed by atoms with Crippen LogP contribution in [0.3, 0.4) is 0 Å². The van der Waals surface area contributed by atoms with E-state index in [4.69, 9.17) is 5.73 Å². The van der Waals surface area contributed by atoms with Crippen molar-refractivity contribution >= 4 is 28.7 Å². The highest BCUT2D eigenvalue weighted by molar-refractivity contribution is 7.10. The predicted molar refractivity (Wildman–Crippen MR) is 69.5 cm³/mol. The van der Waals surface area contributed by atoms with Crippen molar-refractivity contribution in [3.05, 3.63) is 38.8 Å².